The molecule has 7 nitrogen and oxygen atoms in total. The monoisotopic (exact) mass is 445 g/mol. The van der Waals surface area contributed by atoms with Gasteiger partial charge in [0.15, 0.2) is 11.0 Å². The number of pyridine rings is 1. The minimum atomic E-state index is -0.250. The van der Waals surface area contributed by atoms with Crippen LogP contribution in [0.2, 0.25) is 0 Å². The standard InChI is InChI=1S/C24H23N5O2S/c1-17-11-12-21(18(2)14-17)29-23(20-10-6-7-13-25-20)26-27-24(29)32-16-22(30)28-31-15-19-8-4-3-5-9-19/h3-14H,15-16H2,1-2H3,(H,28,30). The molecule has 0 aliphatic rings. The van der Waals surface area contributed by atoms with Gasteiger partial charge in [-0.25, -0.2) is 5.48 Å². The lowest BCUT2D eigenvalue weighted by Crippen LogP contribution is -2.25. The van der Waals surface area contributed by atoms with Crippen LogP contribution < -0.4 is 5.48 Å². The van der Waals surface area contributed by atoms with Crippen LogP contribution in [-0.2, 0) is 16.2 Å². The molecular formula is C24H23N5O2S. The first-order valence-electron chi connectivity index (χ1n) is 10.1. The highest BCUT2D eigenvalue weighted by Crippen LogP contribution is 2.29. The molecule has 162 valence electrons. The van der Waals surface area contributed by atoms with E-state index in [2.05, 4.69) is 33.7 Å². The predicted molar refractivity (Wildman–Crippen MR) is 124 cm³/mol. The Labute approximate surface area is 190 Å². The average Bonchev–Trinajstić information content (AvgIpc) is 3.23. The topological polar surface area (TPSA) is 81.9 Å². The number of aromatic nitrogens is 4. The Bertz CT molecular complexity index is 1200. The SMILES string of the molecule is Cc1ccc(-n2c(SCC(=O)NOCc3ccccc3)nnc2-c2ccccn2)c(C)c1. The zero-order valence-corrected chi connectivity index (χ0v) is 18.7. The van der Waals surface area contributed by atoms with Crippen LogP contribution in [0, 0.1) is 13.8 Å². The van der Waals surface area contributed by atoms with E-state index in [0.717, 1.165) is 16.8 Å². The highest BCUT2D eigenvalue weighted by Gasteiger charge is 2.19. The average molecular weight is 446 g/mol. The highest BCUT2D eigenvalue weighted by molar-refractivity contribution is 7.99. The Morgan fingerprint density at radius 2 is 1.84 bits per heavy atom. The summed E-state index contributed by atoms with van der Waals surface area (Å²) >= 11 is 1.29. The molecule has 2 aromatic carbocycles. The third-order valence-corrected chi connectivity index (χ3v) is 5.65. The number of nitrogens with zero attached hydrogens (tertiary/aromatic N) is 4. The Hall–Kier alpha value is -3.49. The van der Waals surface area contributed by atoms with Crippen LogP contribution in [-0.4, -0.2) is 31.4 Å². The van der Waals surface area contributed by atoms with Crippen molar-refractivity contribution in [3.8, 4) is 17.2 Å². The summed E-state index contributed by atoms with van der Waals surface area (Å²) in [5.74, 6) is 0.515. The third-order valence-electron chi connectivity index (χ3n) is 4.72. The maximum Gasteiger partial charge on any atom is 0.254 e. The van der Waals surface area contributed by atoms with Crippen molar-refractivity contribution in [2.45, 2.75) is 25.6 Å². The van der Waals surface area contributed by atoms with Gasteiger partial charge in [0, 0.05) is 6.20 Å². The van der Waals surface area contributed by atoms with Gasteiger partial charge in [-0.15, -0.1) is 10.2 Å². The minimum Gasteiger partial charge on any atom is -0.272 e. The number of carbonyl (C=O) groups excluding carboxylic acids is 1. The summed E-state index contributed by atoms with van der Waals surface area (Å²) in [5, 5.41) is 9.33. The predicted octanol–water partition coefficient (Wildman–Crippen LogP) is 4.29. The molecule has 1 N–H and O–H groups in total. The first-order valence-corrected chi connectivity index (χ1v) is 11.1. The Morgan fingerprint density at radius 1 is 1.03 bits per heavy atom. The van der Waals surface area contributed by atoms with E-state index in [-0.39, 0.29) is 11.7 Å². The summed E-state index contributed by atoms with van der Waals surface area (Å²) < 4.78 is 1.94. The van der Waals surface area contributed by atoms with E-state index in [1.54, 1.807) is 6.20 Å². The van der Waals surface area contributed by atoms with Crippen molar-refractivity contribution in [2.24, 2.45) is 0 Å². The van der Waals surface area contributed by atoms with Crippen molar-refractivity contribution < 1.29 is 9.63 Å². The van der Waals surface area contributed by atoms with Crippen molar-refractivity contribution in [3.05, 3.63) is 89.6 Å². The number of nitrogens with one attached hydrogen (secondary N) is 1. The number of amides is 1. The van der Waals surface area contributed by atoms with Crippen LogP contribution in [0.4, 0.5) is 0 Å². The lowest BCUT2D eigenvalue weighted by atomic mass is 10.1. The lowest BCUT2D eigenvalue weighted by Gasteiger charge is -2.13. The molecule has 1 amide bonds. The largest absolute Gasteiger partial charge is 0.272 e. The first-order chi connectivity index (χ1) is 15.6. The molecule has 0 fully saturated rings. The summed E-state index contributed by atoms with van der Waals surface area (Å²) in [5.41, 5.74) is 7.38. The number of hydrogen-bond acceptors (Lipinski definition) is 6. The van der Waals surface area contributed by atoms with Gasteiger partial charge in [0.05, 0.1) is 18.0 Å². The molecule has 0 bridgehead atoms. The zero-order valence-electron chi connectivity index (χ0n) is 17.9. The van der Waals surface area contributed by atoms with E-state index in [9.17, 15) is 4.79 Å². The molecule has 4 rings (SSSR count). The van der Waals surface area contributed by atoms with Gasteiger partial charge in [-0.1, -0.05) is 65.9 Å². The summed E-state index contributed by atoms with van der Waals surface area (Å²) in [6.07, 6.45) is 1.72. The van der Waals surface area contributed by atoms with Gasteiger partial charge in [-0.3, -0.25) is 19.2 Å². The number of hydroxylamine groups is 1. The van der Waals surface area contributed by atoms with Crippen molar-refractivity contribution in [2.75, 3.05) is 5.75 Å². The van der Waals surface area contributed by atoms with Crippen LogP contribution in [0.3, 0.4) is 0 Å². The number of thioether (sulfide) groups is 1. The van der Waals surface area contributed by atoms with E-state index in [1.807, 2.05) is 72.2 Å². The van der Waals surface area contributed by atoms with E-state index in [1.165, 1.54) is 17.3 Å². The van der Waals surface area contributed by atoms with Gasteiger partial charge in [0.25, 0.3) is 5.91 Å². The first kappa shape index (κ1) is 21.7. The molecule has 0 radical (unpaired) electrons. The number of hydrogen-bond donors (Lipinski definition) is 1. The summed E-state index contributed by atoms with van der Waals surface area (Å²) in [7, 11) is 0. The van der Waals surface area contributed by atoms with E-state index >= 15 is 0 Å². The van der Waals surface area contributed by atoms with E-state index < -0.39 is 0 Å². The van der Waals surface area contributed by atoms with Gasteiger partial charge in [-0.2, -0.15) is 0 Å². The maximum atomic E-state index is 12.3. The van der Waals surface area contributed by atoms with Crippen molar-refractivity contribution >= 4 is 17.7 Å². The molecule has 0 atom stereocenters. The van der Waals surface area contributed by atoms with Crippen molar-refractivity contribution in [1.82, 2.24) is 25.2 Å². The molecule has 4 aromatic rings. The van der Waals surface area contributed by atoms with Crippen LogP contribution in [0.25, 0.3) is 17.2 Å². The van der Waals surface area contributed by atoms with Crippen LogP contribution in [0.15, 0.2) is 78.1 Å². The van der Waals surface area contributed by atoms with Gasteiger partial charge < -0.3 is 0 Å². The molecule has 0 saturated heterocycles. The Kier molecular flexibility index (Phi) is 6.94. The van der Waals surface area contributed by atoms with Crippen molar-refractivity contribution in [3.63, 3.8) is 0 Å². The molecule has 0 saturated carbocycles. The summed E-state index contributed by atoms with van der Waals surface area (Å²) in [6, 6.07) is 21.5. The van der Waals surface area contributed by atoms with Crippen molar-refractivity contribution in [1.29, 1.82) is 0 Å². The highest BCUT2D eigenvalue weighted by atomic mass is 32.2. The smallest absolute Gasteiger partial charge is 0.254 e. The normalized spacial score (nSPS) is 10.8. The molecular weight excluding hydrogens is 422 g/mol. The van der Waals surface area contributed by atoms with E-state index in [0.29, 0.717) is 23.3 Å². The number of carbonyl (C=O) groups is 1. The van der Waals surface area contributed by atoms with Crippen LogP contribution >= 0.6 is 11.8 Å². The molecule has 2 aromatic heterocycles. The maximum absolute atomic E-state index is 12.3. The second-order valence-electron chi connectivity index (χ2n) is 7.23. The molecule has 0 aliphatic heterocycles. The second kappa shape index (κ2) is 10.2. The Balaban J connectivity index is 1.51. The summed E-state index contributed by atoms with van der Waals surface area (Å²) in [6.45, 7) is 4.40. The third kappa shape index (κ3) is 5.22. The van der Waals surface area contributed by atoms with E-state index in [4.69, 9.17) is 4.84 Å². The zero-order chi connectivity index (χ0) is 22.3. The summed E-state index contributed by atoms with van der Waals surface area (Å²) in [4.78, 5) is 22.1. The van der Waals surface area contributed by atoms with Gasteiger partial charge in [-0.05, 0) is 43.2 Å². The fraction of sp³-hybridized carbons (Fsp3) is 0.167. The van der Waals surface area contributed by atoms with Gasteiger partial charge in [0.1, 0.15) is 5.69 Å². The molecule has 0 unspecified atom stereocenters. The molecule has 0 spiro atoms. The fourth-order valence-electron chi connectivity index (χ4n) is 3.23. The number of benzene rings is 2. The number of rotatable bonds is 8. The van der Waals surface area contributed by atoms with Gasteiger partial charge in [0.2, 0.25) is 0 Å². The van der Waals surface area contributed by atoms with Crippen LogP contribution in [0.1, 0.15) is 16.7 Å². The molecule has 2 heterocycles. The van der Waals surface area contributed by atoms with Gasteiger partial charge >= 0.3 is 0 Å². The Morgan fingerprint density at radius 3 is 2.59 bits per heavy atom. The molecule has 0 aliphatic carbocycles. The fourth-order valence-corrected chi connectivity index (χ4v) is 3.96. The second-order valence-corrected chi connectivity index (χ2v) is 8.18. The quantitative estimate of drug-likeness (QED) is 0.322. The minimum absolute atomic E-state index is 0.139. The van der Waals surface area contributed by atoms with Crippen LogP contribution in [0.5, 0.6) is 0 Å². The molecule has 32 heavy (non-hydrogen) atoms. The lowest BCUT2D eigenvalue weighted by molar-refractivity contribution is -0.131. The molecule has 8 heteroatoms. The number of aryl methyl sites for hydroxylation is 2.